The predicted octanol–water partition coefficient (Wildman–Crippen LogP) is 13.1. The zero-order valence-corrected chi connectivity index (χ0v) is 33.9. The van der Waals surface area contributed by atoms with Gasteiger partial charge in [-0.15, -0.1) is 0 Å². The highest BCUT2D eigenvalue weighted by atomic mass is 15.2. The van der Waals surface area contributed by atoms with Crippen LogP contribution in [0.5, 0.6) is 0 Å². The molecule has 5 heteroatoms. The van der Waals surface area contributed by atoms with Gasteiger partial charge in [-0.25, -0.2) is 15.0 Å². The van der Waals surface area contributed by atoms with Gasteiger partial charge in [-0.1, -0.05) is 182 Å². The third-order valence-electron chi connectivity index (χ3n) is 13.1. The van der Waals surface area contributed by atoms with E-state index in [1.807, 2.05) is 66.7 Å². The first-order valence-corrected chi connectivity index (χ1v) is 20.9. The van der Waals surface area contributed by atoms with Crippen LogP contribution in [0.15, 0.2) is 212 Å². The molecule has 61 heavy (non-hydrogen) atoms. The quantitative estimate of drug-likeness (QED) is 0.168. The summed E-state index contributed by atoms with van der Waals surface area (Å²) in [6.45, 7) is 4.71. The SMILES string of the molecule is CC12C=CC=CC1C=CC1=C2N(c2cc(C#N)cc(-c3ccc(-c4ccc(-c5nc(-c6ccccc6)nc(-c6ccccc6)n5)cc4)c4ccccc34)c2)C2C=CC=CC12C. The van der Waals surface area contributed by atoms with Gasteiger partial charge >= 0.3 is 0 Å². The largest absolute Gasteiger partial charge is 0.336 e. The Labute approximate surface area is 356 Å². The zero-order valence-electron chi connectivity index (χ0n) is 33.9. The second-order valence-electron chi connectivity index (χ2n) is 16.7. The molecular formula is C56H41N5. The van der Waals surface area contributed by atoms with E-state index in [-0.39, 0.29) is 22.8 Å². The minimum atomic E-state index is -0.231. The fraction of sp³-hybridized carbons (Fsp3) is 0.107. The van der Waals surface area contributed by atoms with Crippen molar-refractivity contribution in [1.29, 1.82) is 5.26 Å². The number of benzene rings is 6. The molecule has 0 amide bonds. The topological polar surface area (TPSA) is 65.7 Å². The van der Waals surface area contributed by atoms with Gasteiger partial charge < -0.3 is 4.90 Å². The van der Waals surface area contributed by atoms with Gasteiger partial charge in [-0.2, -0.15) is 5.26 Å². The monoisotopic (exact) mass is 783 g/mol. The van der Waals surface area contributed by atoms with Crippen LogP contribution in [-0.2, 0) is 0 Å². The Bertz CT molecular complexity index is 3070. The van der Waals surface area contributed by atoms with Gasteiger partial charge in [0.05, 0.1) is 17.7 Å². The molecule has 6 aromatic carbocycles. The molecule has 1 aromatic heterocycles. The Morgan fingerprint density at radius 2 is 1.07 bits per heavy atom. The molecule has 5 nitrogen and oxygen atoms in total. The molecule has 290 valence electrons. The molecule has 4 aliphatic rings. The Morgan fingerprint density at radius 1 is 0.525 bits per heavy atom. The number of aromatic nitrogens is 3. The van der Waals surface area contributed by atoms with Crippen molar-refractivity contribution in [2.24, 2.45) is 16.7 Å². The Morgan fingerprint density at radius 3 is 1.69 bits per heavy atom. The smallest absolute Gasteiger partial charge is 0.164 e. The number of nitrogens with zero attached hydrogens (tertiary/aromatic N) is 5. The first-order valence-electron chi connectivity index (χ1n) is 20.9. The number of nitriles is 1. The molecule has 0 bridgehead atoms. The third kappa shape index (κ3) is 5.94. The van der Waals surface area contributed by atoms with Gasteiger partial charge in [0.15, 0.2) is 17.5 Å². The van der Waals surface area contributed by atoms with Crippen LogP contribution in [0.25, 0.3) is 67.2 Å². The second kappa shape index (κ2) is 14.3. The standard InChI is InChI=1S/C56H41N5/c1-55-31-13-11-19-43(55)27-30-49-51(55)61(50-22-12-14-32-56(49,50)2)44-34-37(36-57)33-42(35-44)46-29-28-45(47-20-9-10-21-48(46)47)38-23-25-41(26-24-38)54-59-52(39-15-5-3-6-16-39)58-53(60-54)40-17-7-4-8-18-40/h3-35,43,50H,1-2H3. The van der Waals surface area contributed by atoms with E-state index in [0.29, 0.717) is 23.0 Å². The molecule has 11 rings (SSSR count). The number of fused-ring (bicyclic) bond motifs is 5. The van der Waals surface area contributed by atoms with Crippen molar-refractivity contribution in [2.75, 3.05) is 4.90 Å². The normalized spacial score (nSPS) is 22.0. The van der Waals surface area contributed by atoms with E-state index in [0.717, 1.165) is 55.4 Å². The average Bonchev–Trinajstić information content (AvgIpc) is 3.60. The summed E-state index contributed by atoms with van der Waals surface area (Å²) in [5, 5.41) is 12.8. The van der Waals surface area contributed by atoms with Crippen LogP contribution in [0.4, 0.5) is 5.69 Å². The predicted molar refractivity (Wildman–Crippen MR) is 248 cm³/mol. The van der Waals surface area contributed by atoms with Crippen molar-refractivity contribution < 1.29 is 0 Å². The molecular weight excluding hydrogens is 743 g/mol. The summed E-state index contributed by atoms with van der Waals surface area (Å²) in [5.74, 6) is 2.14. The highest BCUT2D eigenvalue weighted by Crippen LogP contribution is 2.59. The molecule has 0 N–H and O–H groups in total. The molecule has 0 saturated carbocycles. The van der Waals surface area contributed by atoms with Crippen LogP contribution in [0, 0.1) is 28.1 Å². The Balaban J connectivity index is 0.993. The molecule has 3 aliphatic carbocycles. The maximum atomic E-state index is 10.5. The Hall–Kier alpha value is -7.68. The van der Waals surface area contributed by atoms with E-state index in [4.69, 9.17) is 15.0 Å². The average molecular weight is 784 g/mol. The van der Waals surface area contributed by atoms with Crippen molar-refractivity contribution in [2.45, 2.75) is 19.9 Å². The lowest BCUT2D eigenvalue weighted by atomic mass is 9.65. The summed E-state index contributed by atoms with van der Waals surface area (Å²) in [6.07, 6.45) is 22.8. The van der Waals surface area contributed by atoms with Crippen LogP contribution in [-0.4, -0.2) is 21.0 Å². The highest BCUT2D eigenvalue weighted by molar-refractivity contribution is 6.05. The molecule has 2 heterocycles. The number of allylic oxidation sites excluding steroid dienone is 8. The molecule has 0 spiro atoms. The van der Waals surface area contributed by atoms with Gasteiger partial charge in [-0.3, -0.25) is 0 Å². The van der Waals surface area contributed by atoms with Crippen LogP contribution < -0.4 is 4.90 Å². The molecule has 7 aromatic rings. The molecule has 4 unspecified atom stereocenters. The summed E-state index contributed by atoms with van der Waals surface area (Å²) < 4.78 is 0. The van der Waals surface area contributed by atoms with E-state index in [9.17, 15) is 5.26 Å². The zero-order chi connectivity index (χ0) is 41.1. The maximum absolute atomic E-state index is 10.5. The lowest BCUT2D eigenvalue weighted by Crippen LogP contribution is -2.42. The summed E-state index contributed by atoms with van der Waals surface area (Å²) in [7, 11) is 0. The van der Waals surface area contributed by atoms with E-state index in [1.165, 1.54) is 11.3 Å². The minimum Gasteiger partial charge on any atom is -0.336 e. The summed E-state index contributed by atoms with van der Waals surface area (Å²) >= 11 is 0. The maximum Gasteiger partial charge on any atom is 0.164 e. The summed E-state index contributed by atoms with van der Waals surface area (Å²) in [4.78, 5) is 17.3. The van der Waals surface area contributed by atoms with Crippen LogP contribution >= 0.6 is 0 Å². The summed E-state index contributed by atoms with van der Waals surface area (Å²) in [6, 6.07) is 50.6. The number of hydrogen-bond donors (Lipinski definition) is 0. The fourth-order valence-electron chi connectivity index (χ4n) is 9.91. The van der Waals surface area contributed by atoms with E-state index >= 15 is 0 Å². The van der Waals surface area contributed by atoms with Gasteiger partial charge in [0.1, 0.15) is 0 Å². The number of rotatable bonds is 6. The van der Waals surface area contributed by atoms with Crippen LogP contribution in [0.2, 0.25) is 0 Å². The number of anilines is 1. The summed E-state index contributed by atoms with van der Waals surface area (Å²) in [5.41, 5.74) is 11.0. The molecule has 0 radical (unpaired) electrons. The van der Waals surface area contributed by atoms with E-state index in [2.05, 4.69) is 158 Å². The molecule has 0 fully saturated rings. The lowest BCUT2D eigenvalue weighted by molar-refractivity contribution is 0.410. The fourth-order valence-corrected chi connectivity index (χ4v) is 9.91. The first kappa shape index (κ1) is 36.4. The molecule has 1 aliphatic heterocycles. The van der Waals surface area contributed by atoms with Crippen LogP contribution in [0.1, 0.15) is 19.4 Å². The van der Waals surface area contributed by atoms with E-state index in [1.54, 1.807) is 0 Å². The van der Waals surface area contributed by atoms with Crippen molar-refractivity contribution in [1.82, 2.24) is 15.0 Å². The first-order chi connectivity index (χ1) is 29.9. The van der Waals surface area contributed by atoms with Crippen LogP contribution in [0.3, 0.4) is 0 Å². The second-order valence-corrected chi connectivity index (χ2v) is 16.7. The minimum absolute atomic E-state index is 0.0679. The van der Waals surface area contributed by atoms with Crippen molar-refractivity contribution in [3.8, 4) is 62.5 Å². The van der Waals surface area contributed by atoms with Gasteiger partial charge in [-0.05, 0) is 70.6 Å². The van der Waals surface area contributed by atoms with E-state index < -0.39 is 0 Å². The third-order valence-corrected chi connectivity index (χ3v) is 13.1. The number of hydrogen-bond acceptors (Lipinski definition) is 5. The van der Waals surface area contributed by atoms with Crippen molar-refractivity contribution in [3.63, 3.8) is 0 Å². The lowest BCUT2D eigenvalue weighted by Gasteiger charge is -2.43. The Kier molecular flexibility index (Phi) is 8.51. The van der Waals surface area contributed by atoms with Gasteiger partial charge in [0.25, 0.3) is 0 Å². The van der Waals surface area contributed by atoms with Crippen molar-refractivity contribution >= 4 is 16.5 Å². The van der Waals surface area contributed by atoms with Gasteiger partial charge in [0, 0.05) is 44.8 Å². The molecule has 4 atom stereocenters. The van der Waals surface area contributed by atoms with Crippen molar-refractivity contribution in [3.05, 3.63) is 217 Å². The van der Waals surface area contributed by atoms with Gasteiger partial charge in [0.2, 0.25) is 0 Å². The highest BCUT2D eigenvalue weighted by Gasteiger charge is 2.54. The molecule has 0 saturated heterocycles.